The van der Waals surface area contributed by atoms with E-state index < -0.39 is 23.8 Å². The molecule has 1 rings (SSSR count). The molecule has 1 aliphatic heterocycles. The highest BCUT2D eigenvalue weighted by Gasteiger charge is 2.47. The van der Waals surface area contributed by atoms with Crippen LogP contribution in [0.1, 0.15) is 27.7 Å². The molecule has 0 amide bonds. The van der Waals surface area contributed by atoms with E-state index in [2.05, 4.69) is 0 Å². The predicted molar refractivity (Wildman–Crippen MR) is 42.3 cm³/mol. The maximum Gasteiger partial charge on any atom is 0.189 e. The van der Waals surface area contributed by atoms with Crippen molar-refractivity contribution in [1.82, 2.24) is 0 Å². The molecule has 0 aromatic heterocycles. The second-order valence-electron chi connectivity index (χ2n) is 3.63. The largest absolute Gasteiger partial charge is 0.364 e. The fourth-order valence-corrected chi connectivity index (χ4v) is 1.13. The van der Waals surface area contributed by atoms with Gasteiger partial charge in [0.15, 0.2) is 11.6 Å². The highest BCUT2D eigenvalue weighted by Crippen LogP contribution is 2.31. The first kappa shape index (κ1) is 9.92. The summed E-state index contributed by atoms with van der Waals surface area (Å²) in [7, 11) is 0. The van der Waals surface area contributed by atoms with Crippen molar-refractivity contribution < 1.29 is 19.7 Å². The summed E-state index contributed by atoms with van der Waals surface area (Å²) in [6.45, 7) is 6.34. The molecule has 0 spiro atoms. The summed E-state index contributed by atoms with van der Waals surface area (Å²) >= 11 is 0. The van der Waals surface area contributed by atoms with Crippen LogP contribution in [0.2, 0.25) is 0 Å². The van der Waals surface area contributed by atoms with Gasteiger partial charge < -0.3 is 19.7 Å². The van der Waals surface area contributed by atoms with Gasteiger partial charge in [0, 0.05) is 0 Å². The summed E-state index contributed by atoms with van der Waals surface area (Å²) in [5, 5.41) is 19.2. The third kappa shape index (κ3) is 1.61. The van der Waals surface area contributed by atoms with Crippen LogP contribution in [-0.4, -0.2) is 34.0 Å². The molecule has 2 N–H and O–H groups in total. The minimum Gasteiger partial charge on any atom is -0.364 e. The van der Waals surface area contributed by atoms with E-state index in [4.69, 9.17) is 9.47 Å². The van der Waals surface area contributed by atoms with Gasteiger partial charge in [-0.1, -0.05) is 0 Å². The Morgan fingerprint density at radius 3 is 1.42 bits per heavy atom. The van der Waals surface area contributed by atoms with E-state index in [1.54, 1.807) is 13.8 Å². The molecular weight excluding hydrogens is 160 g/mol. The number of ether oxygens (including phenoxy) is 2. The summed E-state index contributed by atoms with van der Waals surface area (Å²) in [5.41, 5.74) is 0. The van der Waals surface area contributed by atoms with Crippen molar-refractivity contribution in [3.63, 3.8) is 0 Å². The number of hydrogen-bond acceptors (Lipinski definition) is 4. The van der Waals surface area contributed by atoms with Crippen molar-refractivity contribution in [1.29, 1.82) is 0 Å². The van der Waals surface area contributed by atoms with Gasteiger partial charge in [-0.15, -0.1) is 0 Å². The highest BCUT2D eigenvalue weighted by molar-refractivity contribution is 4.83. The van der Waals surface area contributed by atoms with Crippen molar-refractivity contribution in [2.45, 2.75) is 51.5 Å². The second-order valence-corrected chi connectivity index (χ2v) is 3.63. The predicted octanol–water partition coefficient (Wildman–Crippen LogP) is 0.227. The lowest BCUT2D eigenvalue weighted by Gasteiger charge is -2.46. The van der Waals surface area contributed by atoms with E-state index in [9.17, 15) is 10.2 Å². The van der Waals surface area contributed by atoms with Crippen LogP contribution in [-0.2, 0) is 9.47 Å². The smallest absolute Gasteiger partial charge is 0.189 e. The zero-order valence-corrected chi connectivity index (χ0v) is 7.87. The van der Waals surface area contributed by atoms with E-state index in [0.29, 0.717) is 0 Å². The van der Waals surface area contributed by atoms with E-state index in [1.807, 2.05) is 0 Å². The van der Waals surface area contributed by atoms with Crippen molar-refractivity contribution >= 4 is 0 Å². The molecule has 0 aliphatic carbocycles. The summed E-state index contributed by atoms with van der Waals surface area (Å²) in [5.74, 6) is -2.64. The quantitative estimate of drug-likeness (QED) is 0.554. The van der Waals surface area contributed by atoms with Gasteiger partial charge in [0.05, 0.1) is 0 Å². The molecule has 0 radical (unpaired) electrons. The lowest BCUT2D eigenvalue weighted by Crippen LogP contribution is -2.59. The van der Waals surface area contributed by atoms with Gasteiger partial charge in [0.25, 0.3) is 0 Å². The van der Waals surface area contributed by atoms with Crippen molar-refractivity contribution in [3.8, 4) is 0 Å². The van der Waals surface area contributed by atoms with E-state index in [1.165, 1.54) is 13.8 Å². The standard InChI is InChI=1S/C8H16O4/c1-5-7(3,9)12-6(2)8(4,10)11-5/h5-6,9-10H,1-4H3/t5-,6-,7-,8+/m0/s1. The van der Waals surface area contributed by atoms with Crippen LogP contribution in [0.4, 0.5) is 0 Å². The Balaban J connectivity index is 2.76. The Hall–Kier alpha value is -0.160. The third-order valence-electron chi connectivity index (χ3n) is 2.34. The normalized spacial score (nSPS) is 55.5. The Morgan fingerprint density at radius 1 is 0.917 bits per heavy atom. The molecule has 12 heavy (non-hydrogen) atoms. The third-order valence-corrected chi connectivity index (χ3v) is 2.34. The van der Waals surface area contributed by atoms with E-state index >= 15 is 0 Å². The first-order chi connectivity index (χ1) is 5.26. The average molecular weight is 176 g/mol. The lowest BCUT2D eigenvalue weighted by molar-refractivity contribution is -0.406. The van der Waals surface area contributed by atoms with Gasteiger partial charge in [-0.05, 0) is 27.7 Å². The molecule has 0 aromatic rings. The maximum atomic E-state index is 9.59. The van der Waals surface area contributed by atoms with E-state index in [0.717, 1.165) is 0 Å². The molecule has 0 aromatic carbocycles. The SMILES string of the molecule is C[C@@H]1O[C@@](C)(O)[C@H](C)O[C@]1(C)O. The fraction of sp³-hybridized carbons (Fsp3) is 1.00. The molecule has 1 aliphatic rings. The Labute approximate surface area is 72.1 Å². The van der Waals surface area contributed by atoms with Crippen LogP contribution in [0.5, 0.6) is 0 Å². The van der Waals surface area contributed by atoms with Gasteiger partial charge in [0.1, 0.15) is 12.2 Å². The van der Waals surface area contributed by atoms with Gasteiger partial charge in [-0.2, -0.15) is 0 Å². The van der Waals surface area contributed by atoms with Gasteiger partial charge in [-0.3, -0.25) is 0 Å². The van der Waals surface area contributed by atoms with Gasteiger partial charge in [0.2, 0.25) is 0 Å². The van der Waals surface area contributed by atoms with E-state index in [-0.39, 0.29) is 0 Å². The molecule has 0 bridgehead atoms. The summed E-state index contributed by atoms with van der Waals surface area (Å²) in [6, 6.07) is 0. The zero-order chi connectivity index (χ0) is 9.57. The fourth-order valence-electron chi connectivity index (χ4n) is 1.13. The first-order valence-electron chi connectivity index (χ1n) is 4.06. The molecule has 1 heterocycles. The van der Waals surface area contributed by atoms with Crippen LogP contribution in [0, 0.1) is 0 Å². The number of hydrogen-bond donors (Lipinski definition) is 2. The molecule has 0 unspecified atom stereocenters. The zero-order valence-electron chi connectivity index (χ0n) is 7.87. The second kappa shape index (κ2) is 2.67. The molecule has 1 saturated heterocycles. The minimum absolute atomic E-state index is 0.538. The average Bonchev–Trinajstić information content (AvgIpc) is 1.82. The van der Waals surface area contributed by atoms with Crippen LogP contribution in [0.3, 0.4) is 0 Å². The molecule has 4 atom stereocenters. The van der Waals surface area contributed by atoms with Crippen LogP contribution < -0.4 is 0 Å². The van der Waals surface area contributed by atoms with Crippen LogP contribution in [0.15, 0.2) is 0 Å². The van der Waals surface area contributed by atoms with Crippen LogP contribution >= 0.6 is 0 Å². The monoisotopic (exact) mass is 176 g/mol. The molecular formula is C8H16O4. The topological polar surface area (TPSA) is 58.9 Å². The number of aliphatic hydroxyl groups is 2. The van der Waals surface area contributed by atoms with Gasteiger partial charge >= 0.3 is 0 Å². The van der Waals surface area contributed by atoms with Crippen molar-refractivity contribution in [2.24, 2.45) is 0 Å². The molecule has 0 saturated carbocycles. The summed E-state index contributed by atoms with van der Waals surface area (Å²) in [6.07, 6.45) is -1.08. The summed E-state index contributed by atoms with van der Waals surface area (Å²) in [4.78, 5) is 0. The van der Waals surface area contributed by atoms with Crippen LogP contribution in [0.25, 0.3) is 0 Å². The molecule has 4 nitrogen and oxygen atoms in total. The van der Waals surface area contributed by atoms with Crippen molar-refractivity contribution in [2.75, 3.05) is 0 Å². The Kier molecular flexibility index (Phi) is 2.21. The summed E-state index contributed by atoms with van der Waals surface area (Å²) < 4.78 is 10.4. The molecule has 1 fully saturated rings. The molecule has 72 valence electrons. The van der Waals surface area contributed by atoms with Crippen molar-refractivity contribution in [3.05, 3.63) is 0 Å². The Morgan fingerprint density at radius 2 is 1.17 bits per heavy atom. The Bertz CT molecular complexity index is 156. The molecule has 4 heteroatoms. The maximum absolute atomic E-state index is 9.59. The van der Waals surface area contributed by atoms with Gasteiger partial charge in [-0.25, -0.2) is 0 Å². The lowest BCUT2D eigenvalue weighted by atomic mass is 10.1. The minimum atomic E-state index is -1.32. The highest BCUT2D eigenvalue weighted by atomic mass is 16.7. The first-order valence-corrected chi connectivity index (χ1v) is 4.06. The number of rotatable bonds is 0.